The molecule has 0 saturated carbocycles. The van der Waals surface area contributed by atoms with Crippen molar-refractivity contribution >= 4 is 17.4 Å². The number of amides is 2. The van der Waals surface area contributed by atoms with Crippen molar-refractivity contribution in [3.05, 3.63) is 22.4 Å². The first kappa shape index (κ1) is 13.3. The Morgan fingerprint density at radius 3 is 3.22 bits per heavy atom. The van der Waals surface area contributed by atoms with Gasteiger partial charge in [-0.2, -0.15) is 11.3 Å². The first-order valence-electron chi connectivity index (χ1n) is 6.08. The van der Waals surface area contributed by atoms with Gasteiger partial charge in [-0.3, -0.25) is 0 Å². The average Bonchev–Trinajstić information content (AvgIpc) is 2.91. The first-order valence-corrected chi connectivity index (χ1v) is 7.02. The Bertz CT molecular complexity index is 363. The van der Waals surface area contributed by atoms with E-state index in [1.54, 1.807) is 0 Å². The normalized spacial score (nSPS) is 21.3. The van der Waals surface area contributed by atoms with Crippen molar-refractivity contribution < 1.29 is 14.6 Å². The highest BCUT2D eigenvalue weighted by atomic mass is 32.1. The van der Waals surface area contributed by atoms with E-state index in [9.17, 15) is 9.90 Å². The number of rotatable bonds is 4. The Hall–Kier alpha value is -1.11. The highest BCUT2D eigenvalue weighted by molar-refractivity contribution is 7.07. The molecule has 5 nitrogen and oxygen atoms in total. The summed E-state index contributed by atoms with van der Waals surface area (Å²) in [5, 5.41) is 19.1. The third-order valence-electron chi connectivity index (χ3n) is 2.88. The van der Waals surface area contributed by atoms with Gasteiger partial charge in [0, 0.05) is 13.2 Å². The summed E-state index contributed by atoms with van der Waals surface area (Å²) in [5.41, 5.74) is 0.835. The summed E-state index contributed by atoms with van der Waals surface area (Å²) in [6.45, 7) is 1.56. The monoisotopic (exact) mass is 270 g/mol. The van der Waals surface area contributed by atoms with Gasteiger partial charge in [-0.1, -0.05) is 0 Å². The summed E-state index contributed by atoms with van der Waals surface area (Å²) in [5.74, 6) is 0. The van der Waals surface area contributed by atoms with Crippen LogP contribution < -0.4 is 10.6 Å². The maximum Gasteiger partial charge on any atom is 0.315 e. The predicted octanol–water partition coefficient (Wildman–Crippen LogP) is 1.26. The molecule has 0 bridgehead atoms. The van der Waals surface area contributed by atoms with E-state index in [-0.39, 0.29) is 18.6 Å². The molecule has 1 aliphatic rings. The number of aliphatic hydroxyl groups is 1. The molecule has 3 N–H and O–H groups in total. The number of nitrogens with one attached hydrogen (secondary N) is 2. The minimum Gasteiger partial charge on any atom is -0.387 e. The van der Waals surface area contributed by atoms with Crippen LogP contribution >= 0.6 is 11.3 Å². The summed E-state index contributed by atoms with van der Waals surface area (Å²) in [7, 11) is 0. The second-order valence-electron chi connectivity index (χ2n) is 4.34. The van der Waals surface area contributed by atoms with Gasteiger partial charge >= 0.3 is 6.03 Å². The molecule has 2 amide bonds. The topological polar surface area (TPSA) is 70.6 Å². The van der Waals surface area contributed by atoms with Gasteiger partial charge in [0.2, 0.25) is 0 Å². The van der Waals surface area contributed by atoms with Crippen molar-refractivity contribution in [2.45, 2.75) is 25.0 Å². The summed E-state index contributed by atoms with van der Waals surface area (Å²) in [6.07, 6.45) is 1.27. The second-order valence-corrected chi connectivity index (χ2v) is 5.12. The van der Waals surface area contributed by atoms with E-state index >= 15 is 0 Å². The largest absolute Gasteiger partial charge is 0.387 e. The van der Waals surface area contributed by atoms with Gasteiger partial charge in [-0.05, 0) is 35.2 Å². The molecule has 1 aliphatic heterocycles. The second kappa shape index (κ2) is 6.72. The van der Waals surface area contributed by atoms with E-state index in [0.717, 1.165) is 25.0 Å². The van der Waals surface area contributed by atoms with Gasteiger partial charge in [0.05, 0.1) is 18.8 Å². The van der Waals surface area contributed by atoms with E-state index in [0.29, 0.717) is 6.61 Å². The number of urea groups is 1. The van der Waals surface area contributed by atoms with E-state index in [2.05, 4.69) is 10.6 Å². The number of thiophene rings is 1. The number of aliphatic hydroxyl groups excluding tert-OH is 1. The Kier molecular flexibility index (Phi) is 4.98. The average molecular weight is 270 g/mol. The van der Waals surface area contributed by atoms with Crippen LogP contribution in [-0.4, -0.2) is 36.9 Å². The van der Waals surface area contributed by atoms with Gasteiger partial charge in [0.25, 0.3) is 0 Å². The van der Waals surface area contributed by atoms with Crippen molar-refractivity contribution in [2.24, 2.45) is 0 Å². The van der Waals surface area contributed by atoms with Crippen LogP contribution in [0.1, 0.15) is 24.5 Å². The summed E-state index contributed by atoms with van der Waals surface area (Å²) in [6, 6.07) is 1.68. The molecule has 100 valence electrons. The molecule has 6 heteroatoms. The molecular weight excluding hydrogens is 252 g/mol. The Morgan fingerprint density at radius 2 is 2.56 bits per heavy atom. The SMILES string of the molecule is O=C(NC[C@@H](O)c1ccsc1)N[C@H]1CCCOC1. The van der Waals surface area contributed by atoms with E-state index in [1.807, 2.05) is 16.8 Å². The molecule has 0 unspecified atom stereocenters. The van der Waals surface area contributed by atoms with Crippen LogP contribution in [-0.2, 0) is 4.74 Å². The van der Waals surface area contributed by atoms with Crippen molar-refractivity contribution in [1.29, 1.82) is 0 Å². The number of carbonyl (C=O) groups excluding carboxylic acids is 1. The number of ether oxygens (including phenoxy) is 1. The van der Waals surface area contributed by atoms with Crippen molar-refractivity contribution in [3.63, 3.8) is 0 Å². The fourth-order valence-corrected chi connectivity index (χ4v) is 2.57. The molecule has 18 heavy (non-hydrogen) atoms. The Morgan fingerprint density at radius 1 is 1.67 bits per heavy atom. The van der Waals surface area contributed by atoms with E-state index in [1.165, 1.54) is 11.3 Å². The molecule has 1 aromatic rings. The maximum absolute atomic E-state index is 11.6. The number of carbonyl (C=O) groups is 1. The molecule has 1 saturated heterocycles. The molecule has 1 fully saturated rings. The Balaban J connectivity index is 1.68. The van der Waals surface area contributed by atoms with E-state index in [4.69, 9.17) is 4.74 Å². The third kappa shape index (κ3) is 3.97. The fourth-order valence-electron chi connectivity index (χ4n) is 1.86. The van der Waals surface area contributed by atoms with Crippen LogP contribution in [0.5, 0.6) is 0 Å². The Labute approximate surface area is 110 Å². The first-order chi connectivity index (χ1) is 8.75. The summed E-state index contributed by atoms with van der Waals surface area (Å²) in [4.78, 5) is 11.6. The number of hydrogen-bond acceptors (Lipinski definition) is 4. The lowest BCUT2D eigenvalue weighted by molar-refractivity contribution is 0.0729. The van der Waals surface area contributed by atoms with Crippen LogP contribution in [0.2, 0.25) is 0 Å². The summed E-state index contributed by atoms with van der Waals surface area (Å²) < 4.78 is 5.28. The predicted molar refractivity (Wildman–Crippen MR) is 69.7 cm³/mol. The van der Waals surface area contributed by atoms with Gasteiger partial charge in [-0.15, -0.1) is 0 Å². The van der Waals surface area contributed by atoms with Gasteiger partial charge in [0.1, 0.15) is 0 Å². The number of hydrogen-bond donors (Lipinski definition) is 3. The summed E-state index contributed by atoms with van der Waals surface area (Å²) >= 11 is 1.53. The van der Waals surface area contributed by atoms with Gasteiger partial charge in [0.15, 0.2) is 0 Å². The minimum absolute atomic E-state index is 0.0806. The van der Waals surface area contributed by atoms with E-state index < -0.39 is 6.10 Å². The van der Waals surface area contributed by atoms with Crippen molar-refractivity contribution in [3.8, 4) is 0 Å². The lowest BCUT2D eigenvalue weighted by Crippen LogP contribution is -2.46. The quantitative estimate of drug-likeness (QED) is 0.771. The zero-order valence-electron chi connectivity index (χ0n) is 10.1. The molecule has 0 radical (unpaired) electrons. The smallest absolute Gasteiger partial charge is 0.315 e. The van der Waals surface area contributed by atoms with Crippen LogP contribution in [0.4, 0.5) is 4.79 Å². The lowest BCUT2D eigenvalue weighted by Gasteiger charge is -2.23. The fraction of sp³-hybridized carbons (Fsp3) is 0.583. The molecule has 0 aliphatic carbocycles. The lowest BCUT2D eigenvalue weighted by atomic mass is 10.1. The molecule has 1 aromatic heterocycles. The zero-order valence-corrected chi connectivity index (χ0v) is 10.9. The maximum atomic E-state index is 11.6. The zero-order chi connectivity index (χ0) is 12.8. The molecule has 0 aromatic carbocycles. The van der Waals surface area contributed by atoms with Crippen molar-refractivity contribution in [2.75, 3.05) is 19.8 Å². The third-order valence-corrected chi connectivity index (χ3v) is 3.58. The van der Waals surface area contributed by atoms with Crippen LogP contribution in [0, 0.1) is 0 Å². The molecule has 0 spiro atoms. The van der Waals surface area contributed by atoms with Crippen LogP contribution in [0.15, 0.2) is 16.8 Å². The standard InChI is InChI=1S/C12H18N2O3S/c15-11(9-3-5-18-8-9)6-13-12(16)14-10-2-1-4-17-7-10/h3,5,8,10-11,15H,1-2,4,6-7H2,(H2,13,14,16)/t10-,11+/m0/s1. The minimum atomic E-state index is -0.649. The molecule has 2 atom stereocenters. The highest BCUT2D eigenvalue weighted by Crippen LogP contribution is 2.15. The van der Waals surface area contributed by atoms with Gasteiger partial charge in [-0.25, -0.2) is 4.79 Å². The van der Waals surface area contributed by atoms with Crippen molar-refractivity contribution in [1.82, 2.24) is 10.6 Å². The van der Waals surface area contributed by atoms with Crippen LogP contribution in [0.25, 0.3) is 0 Å². The van der Waals surface area contributed by atoms with Gasteiger partial charge < -0.3 is 20.5 Å². The highest BCUT2D eigenvalue weighted by Gasteiger charge is 2.16. The molecule has 2 heterocycles. The molecular formula is C12H18N2O3S. The van der Waals surface area contributed by atoms with Crippen LogP contribution in [0.3, 0.4) is 0 Å². The molecule has 2 rings (SSSR count).